The number of amides is 3. The first-order valence-corrected chi connectivity index (χ1v) is 7.97. The second-order valence-electron chi connectivity index (χ2n) is 5.89. The molecule has 0 aromatic heterocycles. The highest BCUT2D eigenvalue weighted by atomic mass is 19.4. The van der Waals surface area contributed by atoms with E-state index in [0.717, 1.165) is 6.07 Å². The summed E-state index contributed by atoms with van der Waals surface area (Å²) in [7, 11) is 0. The fraction of sp³-hybridized carbons (Fsp3) is 0.176. The molecular weight excluding hydrogens is 467 g/mol. The van der Waals surface area contributed by atoms with Crippen molar-refractivity contribution in [1.29, 1.82) is 0 Å². The summed E-state index contributed by atoms with van der Waals surface area (Å²) in [6.45, 7) is 0. The number of ether oxygens (including phenoxy) is 1. The normalized spacial score (nSPS) is 13.8. The van der Waals surface area contributed by atoms with Gasteiger partial charge in [-0.05, 0) is 24.3 Å². The summed E-state index contributed by atoms with van der Waals surface area (Å²) < 4.78 is 121. The molecule has 0 saturated heterocycles. The molecule has 174 valence electrons. The Hall–Kier alpha value is -3.49. The van der Waals surface area contributed by atoms with Crippen LogP contribution in [0.25, 0.3) is 0 Å². The molecule has 0 aliphatic carbocycles. The van der Waals surface area contributed by atoms with Crippen LogP contribution in [0.4, 0.5) is 50.0 Å². The van der Waals surface area contributed by atoms with Crippen LogP contribution in [0.2, 0.25) is 0 Å². The van der Waals surface area contributed by atoms with Crippen molar-refractivity contribution >= 4 is 17.6 Å². The molecule has 2 aromatic carbocycles. The number of benzene rings is 2. The van der Waals surface area contributed by atoms with E-state index in [1.54, 1.807) is 5.32 Å². The summed E-state index contributed by atoms with van der Waals surface area (Å²) in [4.78, 5) is 23.5. The van der Waals surface area contributed by atoms with E-state index in [9.17, 15) is 49.1 Å². The fourth-order valence-corrected chi connectivity index (χ4v) is 2.08. The van der Waals surface area contributed by atoms with Gasteiger partial charge in [0, 0.05) is 6.07 Å². The largest absolute Gasteiger partial charge is 0.469 e. The lowest BCUT2D eigenvalue weighted by Gasteiger charge is -2.29. The number of rotatable bonds is 5. The number of carbonyl (C=O) groups excluding carboxylic acids is 2. The monoisotopic (exact) mass is 476 g/mol. The second kappa shape index (κ2) is 8.57. The van der Waals surface area contributed by atoms with E-state index in [1.165, 1.54) is 5.32 Å². The van der Waals surface area contributed by atoms with Crippen LogP contribution in [0.5, 0.6) is 5.75 Å². The van der Waals surface area contributed by atoms with Gasteiger partial charge in [-0.2, -0.15) is 26.3 Å². The SMILES string of the molecule is O=C(NC(=O)c1c(F)cccc1F)Nc1ccc(OC(F)(F)C(O)(F)C(F)(F)F)cc1F. The number of alkyl halides is 6. The van der Waals surface area contributed by atoms with Crippen molar-refractivity contribution in [2.45, 2.75) is 18.1 Å². The molecule has 0 fully saturated rings. The van der Waals surface area contributed by atoms with E-state index in [-0.39, 0.29) is 6.07 Å². The van der Waals surface area contributed by atoms with Gasteiger partial charge >= 0.3 is 24.2 Å². The Balaban J connectivity index is 2.12. The van der Waals surface area contributed by atoms with E-state index < -0.39 is 64.5 Å². The van der Waals surface area contributed by atoms with Gasteiger partial charge in [-0.1, -0.05) is 6.07 Å². The zero-order valence-corrected chi connectivity index (χ0v) is 15.0. The van der Waals surface area contributed by atoms with E-state index in [4.69, 9.17) is 5.11 Å². The van der Waals surface area contributed by atoms with Crippen LogP contribution in [0.15, 0.2) is 36.4 Å². The first kappa shape index (κ1) is 24.8. The van der Waals surface area contributed by atoms with Crippen LogP contribution < -0.4 is 15.4 Å². The molecule has 0 heterocycles. The molecule has 2 aromatic rings. The van der Waals surface area contributed by atoms with Gasteiger partial charge in [0.25, 0.3) is 5.91 Å². The Bertz CT molecular complexity index is 1020. The van der Waals surface area contributed by atoms with Crippen LogP contribution in [-0.4, -0.2) is 35.2 Å². The van der Waals surface area contributed by atoms with Crippen molar-refractivity contribution in [3.8, 4) is 5.75 Å². The average molecular weight is 476 g/mol. The highest BCUT2D eigenvalue weighted by Gasteiger charge is 2.73. The smallest absolute Gasteiger partial charge is 0.428 e. The third-order valence-electron chi connectivity index (χ3n) is 3.61. The van der Waals surface area contributed by atoms with Gasteiger partial charge in [-0.3, -0.25) is 10.1 Å². The molecule has 3 N–H and O–H groups in total. The minimum Gasteiger partial charge on any atom is -0.428 e. The van der Waals surface area contributed by atoms with Crippen molar-refractivity contribution in [3.05, 3.63) is 59.4 Å². The van der Waals surface area contributed by atoms with Gasteiger partial charge < -0.3 is 15.2 Å². The Morgan fingerprint density at radius 2 is 1.44 bits per heavy atom. The first-order valence-electron chi connectivity index (χ1n) is 7.97. The molecule has 0 spiro atoms. The van der Waals surface area contributed by atoms with Crippen molar-refractivity contribution < 1.29 is 58.9 Å². The maximum absolute atomic E-state index is 14.0. The Labute approximate surface area is 171 Å². The number of anilines is 1. The number of carbonyl (C=O) groups is 2. The minimum atomic E-state index is -6.46. The molecule has 1 atom stereocenters. The Kier molecular flexibility index (Phi) is 6.63. The third kappa shape index (κ3) is 5.04. The minimum absolute atomic E-state index is 0.00562. The molecule has 0 saturated carbocycles. The molecule has 1 unspecified atom stereocenters. The molecular formula is C17H9F9N2O4. The topological polar surface area (TPSA) is 87.7 Å². The summed E-state index contributed by atoms with van der Waals surface area (Å²) in [5.41, 5.74) is -2.00. The second-order valence-corrected chi connectivity index (χ2v) is 5.89. The average Bonchev–Trinajstić information content (AvgIpc) is 2.62. The number of urea groups is 1. The molecule has 0 aliphatic rings. The highest BCUT2D eigenvalue weighted by Crippen LogP contribution is 2.44. The predicted molar refractivity (Wildman–Crippen MR) is 86.9 cm³/mol. The molecule has 32 heavy (non-hydrogen) atoms. The molecule has 0 aliphatic heterocycles. The summed E-state index contributed by atoms with van der Waals surface area (Å²) in [6, 6.07) is 1.63. The van der Waals surface area contributed by atoms with Gasteiger partial charge in [0.15, 0.2) is 0 Å². The van der Waals surface area contributed by atoms with Crippen molar-refractivity contribution in [1.82, 2.24) is 5.32 Å². The molecule has 3 amide bonds. The third-order valence-corrected chi connectivity index (χ3v) is 3.61. The van der Waals surface area contributed by atoms with Crippen LogP contribution in [0.1, 0.15) is 10.4 Å². The summed E-state index contributed by atoms with van der Waals surface area (Å²) >= 11 is 0. The maximum atomic E-state index is 14.0. The number of nitrogens with one attached hydrogen (secondary N) is 2. The Morgan fingerprint density at radius 3 is 1.94 bits per heavy atom. The van der Waals surface area contributed by atoms with Gasteiger partial charge in [-0.25, -0.2) is 18.0 Å². The van der Waals surface area contributed by atoms with Crippen LogP contribution in [0, 0.1) is 17.5 Å². The van der Waals surface area contributed by atoms with Crippen molar-refractivity contribution in [3.63, 3.8) is 0 Å². The van der Waals surface area contributed by atoms with Crippen molar-refractivity contribution in [2.75, 3.05) is 5.32 Å². The quantitative estimate of drug-likeness (QED) is 0.563. The summed E-state index contributed by atoms with van der Waals surface area (Å²) in [5.74, 6) is -13.3. The summed E-state index contributed by atoms with van der Waals surface area (Å²) in [5, 5.41) is 11.5. The van der Waals surface area contributed by atoms with Gasteiger partial charge in [0.1, 0.15) is 28.8 Å². The molecule has 6 nitrogen and oxygen atoms in total. The molecule has 15 heteroatoms. The lowest BCUT2D eigenvalue weighted by molar-refractivity contribution is -0.429. The first-order chi connectivity index (χ1) is 14.6. The number of aliphatic hydroxyl groups is 1. The molecule has 2 rings (SSSR count). The van der Waals surface area contributed by atoms with Crippen LogP contribution >= 0.6 is 0 Å². The van der Waals surface area contributed by atoms with Gasteiger partial charge in [-0.15, -0.1) is 0 Å². The zero-order valence-electron chi connectivity index (χ0n) is 15.0. The molecule has 0 radical (unpaired) electrons. The lowest BCUT2D eigenvalue weighted by Crippen LogP contribution is -2.58. The standard InChI is InChI=1S/C17H9F9N2O4/c18-8-2-1-3-9(19)12(8)13(29)28-14(30)27-11-5-4-7(6-10(11)20)32-17(25,26)15(21,31)16(22,23)24/h1-6,31H,(H2,27,28,29,30). The van der Waals surface area contributed by atoms with E-state index >= 15 is 0 Å². The van der Waals surface area contributed by atoms with E-state index in [1.807, 2.05) is 0 Å². The van der Waals surface area contributed by atoms with Gasteiger partial charge in [0.05, 0.1) is 5.69 Å². The fourth-order valence-electron chi connectivity index (χ4n) is 2.08. The van der Waals surface area contributed by atoms with Gasteiger partial charge in [0.2, 0.25) is 0 Å². The van der Waals surface area contributed by atoms with Crippen LogP contribution in [0.3, 0.4) is 0 Å². The number of hydrogen-bond acceptors (Lipinski definition) is 4. The van der Waals surface area contributed by atoms with Crippen molar-refractivity contribution in [2.24, 2.45) is 0 Å². The highest BCUT2D eigenvalue weighted by molar-refractivity contribution is 6.08. The van der Waals surface area contributed by atoms with E-state index in [2.05, 4.69) is 4.74 Å². The number of hydrogen-bond donors (Lipinski definition) is 3. The number of halogens is 9. The van der Waals surface area contributed by atoms with E-state index in [0.29, 0.717) is 24.3 Å². The molecule has 0 bridgehead atoms. The zero-order chi connectivity index (χ0) is 24.5. The van der Waals surface area contributed by atoms with Crippen LogP contribution in [-0.2, 0) is 0 Å². The number of imide groups is 1. The Morgan fingerprint density at radius 1 is 0.875 bits per heavy atom. The maximum Gasteiger partial charge on any atom is 0.469 e. The predicted octanol–water partition coefficient (Wildman–Crippen LogP) is 4.26. The lowest BCUT2D eigenvalue weighted by atomic mass is 10.2. The summed E-state index contributed by atoms with van der Waals surface area (Å²) in [6.07, 6.45) is -12.3.